The number of imide groups is 1. The minimum absolute atomic E-state index is 0.429. The first-order chi connectivity index (χ1) is 12.4. The van der Waals surface area contributed by atoms with Crippen molar-refractivity contribution in [1.82, 2.24) is 0 Å². The fraction of sp³-hybridized carbons (Fsp3) is 0.211. The van der Waals surface area contributed by atoms with E-state index in [1.807, 2.05) is 26.0 Å². The van der Waals surface area contributed by atoms with Crippen molar-refractivity contribution < 1.29 is 19.5 Å². The molecule has 1 atom stereocenters. The van der Waals surface area contributed by atoms with Crippen LogP contribution >= 0.6 is 11.8 Å². The highest BCUT2D eigenvalue weighted by atomic mass is 32.2. The summed E-state index contributed by atoms with van der Waals surface area (Å²) in [6.07, 6.45) is 0. The van der Waals surface area contributed by atoms with Gasteiger partial charge in [-0.3, -0.25) is 9.59 Å². The number of aliphatic carboxylic acids is 1. The van der Waals surface area contributed by atoms with Crippen molar-refractivity contribution in [3.8, 4) is 0 Å². The lowest BCUT2D eigenvalue weighted by molar-refractivity contribution is -0.303. The van der Waals surface area contributed by atoms with E-state index in [2.05, 4.69) is 0 Å². The van der Waals surface area contributed by atoms with Gasteiger partial charge in [0.2, 0.25) is 0 Å². The van der Waals surface area contributed by atoms with Crippen LogP contribution in [0.1, 0.15) is 11.1 Å². The number of carboxylic acid groups (broad SMARTS) is 1. The summed E-state index contributed by atoms with van der Waals surface area (Å²) in [4.78, 5) is 39.1. The Hall–Kier alpha value is -2.80. The van der Waals surface area contributed by atoms with Crippen LogP contribution in [-0.4, -0.2) is 29.0 Å². The number of carboxylic acids is 1. The summed E-state index contributed by atoms with van der Waals surface area (Å²) in [5.74, 6) is -1.78. The molecular weight excluding hydrogens is 352 g/mol. The molecule has 2 aromatic rings. The van der Waals surface area contributed by atoms with Gasteiger partial charge in [-0.25, -0.2) is 4.90 Å². The molecule has 1 aliphatic heterocycles. The Morgan fingerprint density at radius 2 is 1.77 bits per heavy atom. The Morgan fingerprint density at radius 1 is 1.12 bits per heavy atom. The molecule has 1 fully saturated rings. The highest BCUT2D eigenvalue weighted by molar-refractivity contribution is 8.16. The Balaban J connectivity index is 1.96. The van der Waals surface area contributed by atoms with Crippen LogP contribution < -0.4 is 14.9 Å². The number of hydrogen-bond donors (Lipinski definition) is 0. The smallest absolute Gasteiger partial charge is 0.295 e. The van der Waals surface area contributed by atoms with E-state index < -0.39 is 29.0 Å². The maximum Gasteiger partial charge on any atom is 0.295 e. The summed E-state index contributed by atoms with van der Waals surface area (Å²) in [6, 6.07) is 14.2. The molecule has 2 aromatic carbocycles. The molecule has 0 unspecified atom stereocenters. The minimum atomic E-state index is -1.32. The Morgan fingerprint density at radius 3 is 2.38 bits per heavy atom. The second kappa shape index (κ2) is 7.21. The number of nitrogens with zero attached hydrogens (tertiary/aromatic N) is 2. The van der Waals surface area contributed by atoms with Crippen molar-refractivity contribution in [2.45, 2.75) is 19.2 Å². The van der Waals surface area contributed by atoms with Crippen LogP contribution in [0.3, 0.4) is 0 Å². The van der Waals surface area contributed by atoms with Crippen molar-refractivity contribution in [3.63, 3.8) is 0 Å². The van der Waals surface area contributed by atoms with Crippen LogP contribution in [0.2, 0.25) is 0 Å². The van der Waals surface area contributed by atoms with Crippen molar-refractivity contribution in [3.05, 3.63) is 59.7 Å². The third-order valence-electron chi connectivity index (χ3n) is 4.00. The lowest BCUT2D eigenvalue weighted by atomic mass is 10.2. The molecule has 1 aliphatic rings. The van der Waals surface area contributed by atoms with Crippen molar-refractivity contribution in [2.24, 2.45) is 0 Å². The van der Waals surface area contributed by atoms with E-state index in [1.165, 1.54) is 4.90 Å². The van der Waals surface area contributed by atoms with Gasteiger partial charge in [0.05, 0.1) is 18.2 Å². The third-order valence-corrected chi connectivity index (χ3v) is 5.07. The normalized spacial score (nSPS) is 16.8. The van der Waals surface area contributed by atoms with E-state index in [0.717, 1.165) is 27.8 Å². The van der Waals surface area contributed by atoms with Crippen molar-refractivity contribution >= 4 is 40.3 Å². The van der Waals surface area contributed by atoms with Gasteiger partial charge in [0, 0.05) is 5.69 Å². The molecule has 1 saturated heterocycles. The summed E-state index contributed by atoms with van der Waals surface area (Å²) in [5.41, 5.74) is 2.87. The SMILES string of the molecule is Cc1cccc(N2C(=O)S[C@@H](N(CC(=O)[O-])c3cccc(C)c3)C2=O)c1. The van der Waals surface area contributed by atoms with Gasteiger partial charge in [-0.05, 0) is 61.0 Å². The molecule has 0 aromatic heterocycles. The van der Waals surface area contributed by atoms with Crippen LogP contribution in [0.25, 0.3) is 0 Å². The maximum absolute atomic E-state index is 12.9. The molecule has 134 valence electrons. The van der Waals surface area contributed by atoms with Gasteiger partial charge in [-0.2, -0.15) is 0 Å². The molecule has 0 spiro atoms. The molecule has 26 heavy (non-hydrogen) atoms. The number of rotatable bonds is 5. The monoisotopic (exact) mass is 369 g/mol. The number of amides is 2. The third kappa shape index (κ3) is 3.57. The van der Waals surface area contributed by atoms with E-state index in [4.69, 9.17) is 0 Å². The molecule has 2 amide bonds. The molecule has 1 heterocycles. The second-order valence-corrected chi connectivity index (χ2v) is 7.12. The molecule has 0 saturated carbocycles. The molecule has 3 rings (SSSR count). The zero-order valence-corrected chi connectivity index (χ0v) is 15.2. The largest absolute Gasteiger partial charge is 0.548 e. The number of carbonyl (C=O) groups excluding carboxylic acids is 3. The van der Waals surface area contributed by atoms with Gasteiger partial charge < -0.3 is 14.8 Å². The van der Waals surface area contributed by atoms with Crippen LogP contribution in [0.15, 0.2) is 48.5 Å². The number of benzene rings is 2. The number of anilines is 2. The quantitative estimate of drug-likeness (QED) is 0.803. The Kier molecular flexibility index (Phi) is 4.99. The lowest BCUT2D eigenvalue weighted by Crippen LogP contribution is -2.47. The Bertz CT molecular complexity index is 883. The fourth-order valence-electron chi connectivity index (χ4n) is 2.85. The molecule has 0 aliphatic carbocycles. The lowest BCUT2D eigenvalue weighted by Gasteiger charge is -2.29. The first kappa shape index (κ1) is 18.0. The minimum Gasteiger partial charge on any atom is -0.548 e. The standard InChI is InChI=1S/C19H18N2O4S/c1-12-5-3-7-14(9-12)20(11-16(22)23)18-17(24)21(19(25)26-18)15-8-4-6-13(2)10-15/h3-10,18H,11H2,1-2H3,(H,22,23)/p-1/t18-/m1/s1. The van der Waals surface area contributed by atoms with Crippen LogP contribution in [0, 0.1) is 13.8 Å². The molecule has 7 heteroatoms. The maximum atomic E-state index is 12.9. The predicted molar refractivity (Wildman–Crippen MR) is 99.0 cm³/mol. The zero-order chi connectivity index (χ0) is 18.8. The van der Waals surface area contributed by atoms with Gasteiger partial charge in [-0.1, -0.05) is 24.3 Å². The van der Waals surface area contributed by atoms with E-state index >= 15 is 0 Å². The van der Waals surface area contributed by atoms with Gasteiger partial charge in [0.15, 0.2) is 5.37 Å². The topological polar surface area (TPSA) is 80.8 Å². The van der Waals surface area contributed by atoms with Crippen LogP contribution in [-0.2, 0) is 9.59 Å². The van der Waals surface area contributed by atoms with E-state index in [1.54, 1.807) is 36.4 Å². The van der Waals surface area contributed by atoms with Gasteiger partial charge >= 0.3 is 0 Å². The summed E-state index contributed by atoms with van der Waals surface area (Å²) < 4.78 is 0. The van der Waals surface area contributed by atoms with Crippen LogP contribution in [0.4, 0.5) is 16.2 Å². The van der Waals surface area contributed by atoms with Crippen molar-refractivity contribution in [2.75, 3.05) is 16.3 Å². The fourth-order valence-corrected chi connectivity index (χ4v) is 3.87. The number of hydrogen-bond acceptors (Lipinski definition) is 6. The van der Waals surface area contributed by atoms with Gasteiger partial charge in [0.25, 0.3) is 11.1 Å². The molecular formula is C19H17N2O4S-. The first-order valence-electron chi connectivity index (χ1n) is 8.01. The molecule has 0 bridgehead atoms. The van der Waals surface area contributed by atoms with Gasteiger partial charge in [-0.15, -0.1) is 0 Å². The Labute approximate surface area is 155 Å². The van der Waals surface area contributed by atoms with E-state index in [0.29, 0.717) is 11.4 Å². The summed E-state index contributed by atoms with van der Waals surface area (Å²) >= 11 is 0.806. The molecule has 0 radical (unpaired) electrons. The summed E-state index contributed by atoms with van der Waals surface area (Å²) in [7, 11) is 0. The number of carbonyl (C=O) groups is 3. The average Bonchev–Trinajstić information content (AvgIpc) is 2.87. The number of aryl methyl sites for hydroxylation is 2. The second-order valence-electron chi connectivity index (χ2n) is 6.09. The highest BCUT2D eigenvalue weighted by Crippen LogP contribution is 2.36. The summed E-state index contributed by atoms with van der Waals surface area (Å²) in [6.45, 7) is 3.25. The highest BCUT2D eigenvalue weighted by Gasteiger charge is 2.44. The summed E-state index contributed by atoms with van der Waals surface area (Å²) in [5, 5.41) is 9.85. The van der Waals surface area contributed by atoms with Gasteiger partial charge in [0.1, 0.15) is 0 Å². The zero-order valence-electron chi connectivity index (χ0n) is 14.3. The average molecular weight is 369 g/mol. The number of thioether (sulfide) groups is 1. The molecule has 0 N–H and O–H groups in total. The van der Waals surface area contributed by atoms with E-state index in [9.17, 15) is 19.5 Å². The first-order valence-corrected chi connectivity index (χ1v) is 8.89. The van der Waals surface area contributed by atoms with Crippen molar-refractivity contribution in [1.29, 1.82) is 0 Å². The predicted octanol–water partition coefficient (Wildman–Crippen LogP) is 2.09. The van der Waals surface area contributed by atoms with Crippen LogP contribution in [0.5, 0.6) is 0 Å². The van der Waals surface area contributed by atoms with E-state index in [-0.39, 0.29) is 0 Å². The molecule has 6 nitrogen and oxygen atoms in total.